The van der Waals surface area contributed by atoms with Crippen LogP contribution in [0, 0.1) is 0 Å². The Balaban J connectivity index is 1.09. The van der Waals surface area contributed by atoms with Crippen molar-refractivity contribution in [2.45, 2.75) is 250 Å². The number of rotatable bonds is 42. The van der Waals surface area contributed by atoms with Gasteiger partial charge in [-0.2, -0.15) is 0 Å². The predicted octanol–water partition coefficient (Wildman–Crippen LogP) is 33.6. The first kappa shape index (κ1) is 82.7. The van der Waals surface area contributed by atoms with E-state index in [1.807, 2.05) is 36.4 Å². The molecule has 0 spiro atoms. The summed E-state index contributed by atoms with van der Waals surface area (Å²) < 4.78 is 0. The standard InChI is InChI=1S/C114H123N3O3/c1-7-13-19-31-70-112(71-32-20-14-8-2)100-76-91(115(88-58-52-82(79-118)53-59-88)103-49-37-43-85-40-25-28-46-94(85)103)64-67-97(100)106-109(112)107-98-68-65-92(116(89-60-54-83(80-119)55-61-89)104-50-38-44-86-41-26-29-47-95(86)104)77-101(98)113(72-33-21-15-9-3,73-34-22-16-10-4)111(107)108-99-69-66-93(78-102(99)114(110(106)108,74-35-23-17-11-5)75-36-24-18-12-6)117(90-62-56-84(81-120)57-63-90)105-51-39-45-87-42-27-30-48-96(87)105/h25-30,37-69,76-81H,7-24,31-36,70-75H2,1-6H3. The predicted molar refractivity (Wildman–Crippen MR) is 510 cm³/mol. The molecular formula is C114H123N3O3. The van der Waals surface area contributed by atoms with Gasteiger partial charge in [-0.25, -0.2) is 0 Å². The van der Waals surface area contributed by atoms with Gasteiger partial charge >= 0.3 is 0 Å². The molecule has 0 unspecified atom stereocenters. The average molecular weight is 1580 g/mol. The van der Waals surface area contributed by atoms with Gasteiger partial charge in [-0.15, -0.1) is 0 Å². The zero-order valence-corrected chi connectivity index (χ0v) is 72.3. The van der Waals surface area contributed by atoms with Crippen molar-refractivity contribution >= 4 is 102 Å². The number of anilines is 9. The second-order valence-corrected chi connectivity index (χ2v) is 35.2. The van der Waals surface area contributed by atoms with Crippen molar-refractivity contribution in [2.24, 2.45) is 0 Å². The Kier molecular flexibility index (Phi) is 26.0. The molecule has 3 aliphatic rings. The fraction of sp³-hybridized carbons (Fsp3) is 0.342. The van der Waals surface area contributed by atoms with Crippen molar-refractivity contribution < 1.29 is 14.4 Å². The van der Waals surface area contributed by atoms with E-state index < -0.39 is 16.2 Å². The SMILES string of the molecule is CCCCCCC1(CCCCCC)c2cc(N(c3ccc(C=O)cc3)c3cccc4ccccc34)ccc2-c2c1c1c(c3c2C(CCCCCC)(CCCCCC)c2cc(N(c4ccc(C=O)cc4)c4cccc5ccccc45)ccc2-3)C(CCCCCC)(CCCCCC)c2cc(N(c3ccc(C=O)cc3)c3cccc4ccccc34)ccc2-1. The molecule has 612 valence electrons. The summed E-state index contributed by atoms with van der Waals surface area (Å²) in [6, 6.07) is 95.6. The summed E-state index contributed by atoms with van der Waals surface area (Å²) in [5, 5.41) is 7.09. The number of hydrogen-bond acceptors (Lipinski definition) is 6. The largest absolute Gasteiger partial charge is 0.310 e. The van der Waals surface area contributed by atoms with Crippen LogP contribution in [-0.2, 0) is 16.2 Å². The minimum Gasteiger partial charge on any atom is -0.310 e. The van der Waals surface area contributed by atoms with Gasteiger partial charge in [0.2, 0.25) is 0 Å². The molecule has 0 atom stereocenters. The summed E-state index contributed by atoms with van der Waals surface area (Å²) in [7, 11) is 0. The molecule has 13 aromatic rings. The maximum absolute atomic E-state index is 12.7. The lowest BCUT2D eigenvalue weighted by Crippen LogP contribution is -2.31. The van der Waals surface area contributed by atoms with Crippen molar-refractivity contribution in [1.29, 1.82) is 0 Å². The Bertz CT molecular complexity index is 5140. The molecule has 13 aromatic carbocycles. The summed E-state index contributed by atoms with van der Waals surface area (Å²) in [5.41, 5.74) is 28.4. The second kappa shape index (κ2) is 37.8. The number of carbonyl (C=O) groups is 3. The van der Waals surface area contributed by atoms with Gasteiger partial charge < -0.3 is 14.7 Å². The van der Waals surface area contributed by atoms with E-state index in [1.165, 1.54) is 121 Å². The third kappa shape index (κ3) is 15.7. The van der Waals surface area contributed by atoms with Crippen LogP contribution in [0.15, 0.2) is 255 Å². The van der Waals surface area contributed by atoms with Crippen molar-refractivity contribution in [3.63, 3.8) is 0 Å². The quantitative estimate of drug-likeness (QED) is 0.0281. The molecule has 16 rings (SSSR count). The van der Waals surface area contributed by atoms with Crippen molar-refractivity contribution in [3.8, 4) is 33.4 Å². The van der Waals surface area contributed by atoms with Crippen LogP contribution in [0.5, 0.6) is 0 Å². The van der Waals surface area contributed by atoms with E-state index in [1.54, 1.807) is 16.7 Å². The maximum atomic E-state index is 12.7. The average Bonchev–Trinajstić information content (AvgIpc) is 1.48. The van der Waals surface area contributed by atoms with Crippen molar-refractivity contribution in [1.82, 2.24) is 0 Å². The zero-order valence-electron chi connectivity index (χ0n) is 72.3. The van der Waals surface area contributed by atoms with Crippen LogP contribution in [0.2, 0.25) is 0 Å². The van der Waals surface area contributed by atoms with E-state index in [2.05, 4.69) is 275 Å². The van der Waals surface area contributed by atoms with Crippen molar-refractivity contribution in [3.05, 3.63) is 305 Å². The van der Waals surface area contributed by atoms with E-state index in [0.29, 0.717) is 16.7 Å². The lowest BCUT2D eigenvalue weighted by Gasteiger charge is -2.40. The van der Waals surface area contributed by atoms with Crippen LogP contribution in [0.25, 0.3) is 65.7 Å². The molecule has 120 heavy (non-hydrogen) atoms. The molecule has 0 bridgehead atoms. The Labute approximate surface area is 715 Å². The van der Waals surface area contributed by atoms with Gasteiger partial charge in [-0.05, 0) is 249 Å². The molecule has 0 fully saturated rings. The van der Waals surface area contributed by atoms with Crippen LogP contribution >= 0.6 is 0 Å². The highest BCUT2D eigenvalue weighted by molar-refractivity contribution is 6.09. The first-order valence-corrected chi connectivity index (χ1v) is 46.3. The first-order valence-electron chi connectivity index (χ1n) is 46.3. The molecule has 0 radical (unpaired) electrons. The number of fused-ring (bicyclic) bond motifs is 15. The third-order valence-electron chi connectivity index (χ3n) is 27.7. The van der Waals surface area contributed by atoms with E-state index in [4.69, 9.17) is 0 Å². The van der Waals surface area contributed by atoms with E-state index in [0.717, 1.165) is 224 Å². The fourth-order valence-corrected chi connectivity index (χ4v) is 21.9. The molecule has 0 amide bonds. The number of carbonyl (C=O) groups excluding carboxylic acids is 3. The number of hydrogen-bond donors (Lipinski definition) is 0. The maximum Gasteiger partial charge on any atom is 0.150 e. The molecule has 0 saturated carbocycles. The lowest BCUT2D eigenvalue weighted by atomic mass is 9.63. The number of benzene rings is 13. The molecule has 3 aliphatic carbocycles. The summed E-state index contributed by atoms with van der Waals surface area (Å²) in [4.78, 5) is 45.7. The third-order valence-corrected chi connectivity index (χ3v) is 27.7. The monoisotopic (exact) mass is 1580 g/mol. The Morgan fingerprint density at radius 1 is 0.233 bits per heavy atom. The fourth-order valence-electron chi connectivity index (χ4n) is 21.9. The Hall–Kier alpha value is -11.0. The highest BCUT2D eigenvalue weighted by Gasteiger charge is 2.58. The molecule has 0 N–H and O–H groups in total. The number of aldehydes is 3. The van der Waals surface area contributed by atoms with Gasteiger partial charge in [-0.1, -0.05) is 323 Å². The van der Waals surface area contributed by atoms with Crippen LogP contribution in [0.4, 0.5) is 51.2 Å². The molecule has 6 heteroatoms. The van der Waals surface area contributed by atoms with Gasteiger partial charge in [0.1, 0.15) is 18.9 Å². The summed E-state index contributed by atoms with van der Waals surface area (Å²) in [6.07, 6.45) is 36.6. The molecular weight excluding hydrogens is 1460 g/mol. The first-order chi connectivity index (χ1) is 59.1. The molecule has 0 saturated heterocycles. The number of unbranched alkanes of at least 4 members (excludes halogenated alkanes) is 18. The summed E-state index contributed by atoms with van der Waals surface area (Å²) in [5.74, 6) is 0. The van der Waals surface area contributed by atoms with Gasteiger partial charge in [0.05, 0.1) is 17.1 Å². The highest BCUT2D eigenvalue weighted by atomic mass is 16.1. The molecule has 0 aliphatic heterocycles. The van der Waals surface area contributed by atoms with E-state index >= 15 is 0 Å². The minimum atomic E-state index is -0.437. The van der Waals surface area contributed by atoms with Crippen LogP contribution in [0.1, 0.15) is 299 Å². The molecule has 6 nitrogen and oxygen atoms in total. The number of nitrogens with zero attached hydrogens (tertiary/aromatic N) is 3. The highest BCUT2D eigenvalue weighted by Crippen LogP contribution is 2.73. The smallest absolute Gasteiger partial charge is 0.150 e. The molecule has 0 aromatic heterocycles. The minimum absolute atomic E-state index is 0.437. The Morgan fingerprint density at radius 3 is 0.692 bits per heavy atom. The Morgan fingerprint density at radius 2 is 0.458 bits per heavy atom. The molecule has 0 heterocycles. The van der Waals surface area contributed by atoms with Crippen LogP contribution in [0.3, 0.4) is 0 Å². The van der Waals surface area contributed by atoms with E-state index in [9.17, 15) is 14.4 Å². The lowest BCUT2D eigenvalue weighted by molar-refractivity contribution is 0.111. The second-order valence-electron chi connectivity index (χ2n) is 35.2. The summed E-state index contributed by atoms with van der Waals surface area (Å²) in [6.45, 7) is 14.3. The van der Waals surface area contributed by atoms with Crippen LogP contribution < -0.4 is 14.7 Å². The zero-order chi connectivity index (χ0) is 82.6. The van der Waals surface area contributed by atoms with Crippen LogP contribution in [-0.4, -0.2) is 18.9 Å². The van der Waals surface area contributed by atoms with Gasteiger partial charge in [0, 0.05) is 83.2 Å². The summed E-state index contributed by atoms with van der Waals surface area (Å²) >= 11 is 0. The topological polar surface area (TPSA) is 60.9 Å². The van der Waals surface area contributed by atoms with E-state index in [-0.39, 0.29) is 0 Å². The van der Waals surface area contributed by atoms with Gasteiger partial charge in [0.25, 0.3) is 0 Å². The van der Waals surface area contributed by atoms with Gasteiger partial charge in [-0.3, -0.25) is 14.4 Å². The normalized spacial score (nSPS) is 13.6. The van der Waals surface area contributed by atoms with Gasteiger partial charge in [0.15, 0.2) is 0 Å². The van der Waals surface area contributed by atoms with Crippen molar-refractivity contribution in [2.75, 3.05) is 14.7 Å².